The molecule has 0 fully saturated rings. The highest BCUT2D eigenvalue weighted by Gasteiger charge is 2.01. The van der Waals surface area contributed by atoms with Gasteiger partial charge in [-0.05, 0) is 34.8 Å². The smallest absolute Gasteiger partial charge is 0.113 e. The Bertz CT molecular complexity index is 1070. The largest absolute Gasteiger partial charge is 0.320 e. The summed E-state index contributed by atoms with van der Waals surface area (Å²) in [5.41, 5.74) is 4.10. The molecule has 0 spiro atoms. The van der Waals surface area contributed by atoms with Crippen molar-refractivity contribution in [1.82, 2.24) is 19.1 Å². The third-order valence-electron chi connectivity index (χ3n) is 4.26. The van der Waals surface area contributed by atoms with Crippen molar-refractivity contribution >= 4 is 0 Å². The van der Waals surface area contributed by atoms with Gasteiger partial charge in [0.2, 0.25) is 0 Å². The summed E-state index contributed by atoms with van der Waals surface area (Å²) in [6, 6.07) is 20.5. The Morgan fingerprint density at radius 2 is 1.04 bits per heavy atom. The molecule has 0 radical (unpaired) electrons. The summed E-state index contributed by atoms with van der Waals surface area (Å²) in [5, 5.41) is 0. The lowest BCUT2D eigenvalue weighted by Gasteiger charge is -2.03. The molecular weight excluding hydrogens is 344 g/mol. The molecule has 0 aliphatic heterocycles. The van der Waals surface area contributed by atoms with E-state index in [2.05, 4.69) is 57.9 Å². The highest BCUT2D eigenvalue weighted by atomic mass is 15.0. The van der Waals surface area contributed by atoms with Crippen LogP contribution in [0.25, 0.3) is 0 Å². The number of imidazole rings is 2. The Kier molecular flexibility index (Phi) is 5.33. The van der Waals surface area contributed by atoms with Crippen molar-refractivity contribution in [1.29, 1.82) is 0 Å². The molecule has 4 rings (SSSR count). The predicted octanol–water partition coefficient (Wildman–Crippen LogP) is 3.58. The molecule has 4 aromatic rings. The molecule has 0 bridgehead atoms. The van der Waals surface area contributed by atoms with E-state index in [0.717, 1.165) is 24.5 Å². The van der Waals surface area contributed by atoms with E-state index in [1.807, 2.05) is 45.5 Å². The van der Waals surface area contributed by atoms with Gasteiger partial charge in [-0.15, -0.1) is 0 Å². The van der Waals surface area contributed by atoms with Crippen molar-refractivity contribution in [2.45, 2.75) is 13.1 Å². The Labute approximate surface area is 164 Å². The molecular formula is C24H18N4. The van der Waals surface area contributed by atoms with Gasteiger partial charge in [0.25, 0.3) is 0 Å². The first kappa shape index (κ1) is 17.4. The van der Waals surface area contributed by atoms with Crippen LogP contribution in [0.15, 0.2) is 85.7 Å². The zero-order valence-corrected chi connectivity index (χ0v) is 15.3. The van der Waals surface area contributed by atoms with Gasteiger partial charge in [-0.3, -0.25) is 0 Å². The lowest BCUT2D eigenvalue weighted by Crippen LogP contribution is -2.00. The zero-order valence-electron chi connectivity index (χ0n) is 15.3. The summed E-state index contributed by atoms with van der Waals surface area (Å²) in [6.45, 7) is 1.48. The molecule has 0 saturated carbocycles. The number of nitrogens with zero attached hydrogens (tertiary/aromatic N) is 4. The van der Waals surface area contributed by atoms with E-state index in [-0.39, 0.29) is 0 Å². The average molecular weight is 362 g/mol. The highest BCUT2D eigenvalue weighted by Crippen LogP contribution is 2.06. The van der Waals surface area contributed by atoms with Crippen LogP contribution >= 0.6 is 0 Å². The van der Waals surface area contributed by atoms with E-state index in [9.17, 15) is 0 Å². The third-order valence-corrected chi connectivity index (χ3v) is 4.26. The van der Waals surface area contributed by atoms with Gasteiger partial charge in [0.1, 0.15) is 11.4 Å². The van der Waals surface area contributed by atoms with Gasteiger partial charge in [0.05, 0.1) is 25.0 Å². The fraction of sp³-hybridized carbons (Fsp3) is 0.0833. The van der Waals surface area contributed by atoms with Crippen molar-refractivity contribution in [3.05, 3.63) is 108 Å². The molecule has 4 heteroatoms. The van der Waals surface area contributed by atoms with Crippen LogP contribution in [-0.4, -0.2) is 19.1 Å². The lowest BCUT2D eigenvalue weighted by molar-refractivity contribution is 0.787. The molecule has 0 N–H and O–H groups in total. The SMILES string of the molecule is C(C#Cc1cncn1Cc1ccccc1)#Cc1cncn1Cc1ccccc1. The first-order valence-corrected chi connectivity index (χ1v) is 8.98. The molecule has 0 aliphatic rings. The second kappa shape index (κ2) is 8.58. The molecule has 2 aromatic heterocycles. The standard InChI is InChI=1S/C24H18N4/c1-3-9-21(10-4-1)17-27-19-25-15-23(27)13-7-8-14-24-16-26-20-28(24)18-22-11-5-2-6-12-22/h1-6,9-12,15-16,19-20H,17-18H2. The molecule has 4 nitrogen and oxygen atoms in total. The maximum atomic E-state index is 4.21. The lowest BCUT2D eigenvalue weighted by atomic mass is 10.2. The van der Waals surface area contributed by atoms with E-state index in [1.165, 1.54) is 11.1 Å². The first-order valence-electron chi connectivity index (χ1n) is 8.98. The maximum absolute atomic E-state index is 4.21. The summed E-state index contributed by atoms with van der Waals surface area (Å²) >= 11 is 0. The molecule has 2 aromatic carbocycles. The van der Waals surface area contributed by atoms with Crippen molar-refractivity contribution in [2.24, 2.45) is 0 Å². The van der Waals surface area contributed by atoms with Gasteiger partial charge in [0, 0.05) is 13.1 Å². The predicted molar refractivity (Wildman–Crippen MR) is 109 cm³/mol. The molecule has 0 amide bonds. The Morgan fingerprint density at radius 1 is 0.607 bits per heavy atom. The minimum absolute atomic E-state index is 0.738. The van der Waals surface area contributed by atoms with Gasteiger partial charge in [-0.2, -0.15) is 0 Å². The van der Waals surface area contributed by atoms with Gasteiger partial charge in [-0.1, -0.05) is 60.7 Å². The quantitative estimate of drug-likeness (QED) is 0.520. The highest BCUT2D eigenvalue weighted by molar-refractivity contribution is 5.40. The van der Waals surface area contributed by atoms with Gasteiger partial charge >= 0.3 is 0 Å². The third kappa shape index (κ3) is 4.38. The monoisotopic (exact) mass is 362 g/mol. The normalized spacial score (nSPS) is 9.86. The Balaban J connectivity index is 1.47. The minimum atomic E-state index is 0.738. The van der Waals surface area contributed by atoms with Crippen LogP contribution < -0.4 is 0 Å². The number of aromatic nitrogens is 4. The number of hydrogen-bond donors (Lipinski definition) is 0. The molecule has 2 heterocycles. The number of hydrogen-bond acceptors (Lipinski definition) is 2. The van der Waals surface area contributed by atoms with Crippen LogP contribution in [0, 0.1) is 23.7 Å². The van der Waals surface area contributed by atoms with Crippen LogP contribution in [0.2, 0.25) is 0 Å². The Hall–Kier alpha value is -4.02. The molecule has 28 heavy (non-hydrogen) atoms. The summed E-state index contributed by atoms with van der Waals surface area (Å²) in [4.78, 5) is 8.41. The van der Waals surface area contributed by atoms with Gasteiger partial charge in [-0.25, -0.2) is 9.97 Å². The summed E-state index contributed by atoms with van der Waals surface area (Å²) in [6.07, 6.45) is 7.10. The second-order valence-electron chi connectivity index (χ2n) is 6.28. The summed E-state index contributed by atoms with van der Waals surface area (Å²) in [7, 11) is 0. The van der Waals surface area contributed by atoms with Crippen LogP contribution in [0.1, 0.15) is 22.5 Å². The fourth-order valence-electron chi connectivity index (χ4n) is 2.85. The van der Waals surface area contributed by atoms with Crippen molar-refractivity contribution in [3.8, 4) is 23.7 Å². The van der Waals surface area contributed by atoms with Crippen molar-refractivity contribution < 1.29 is 0 Å². The minimum Gasteiger partial charge on any atom is -0.320 e. The maximum Gasteiger partial charge on any atom is 0.113 e. The van der Waals surface area contributed by atoms with Crippen LogP contribution in [0.4, 0.5) is 0 Å². The van der Waals surface area contributed by atoms with Crippen molar-refractivity contribution in [3.63, 3.8) is 0 Å². The summed E-state index contributed by atoms with van der Waals surface area (Å²) in [5.74, 6) is 12.0. The topological polar surface area (TPSA) is 35.6 Å². The van der Waals surface area contributed by atoms with E-state index in [1.54, 1.807) is 25.0 Å². The zero-order chi connectivity index (χ0) is 19.0. The van der Waals surface area contributed by atoms with E-state index < -0.39 is 0 Å². The first-order chi connectivity index (χ1) is 13.9. The van der Waals surface area contributed by atoms with Crippen LogP contribution in [0.5, 0.6) is 0 Å². The van der Waals surface area contributed by atoms with E-state index >= 15 is 0 Å². The number of rotatable bonds is 4. The molecule has 0 atom stereocenters. The molecule has 0 unspecified atom stereocenters. The fourth-order valence-corrected chi connectivity index (χ4v) is 2.85. The van der Waals surface area contributed by atoms with Crippen LogP contribution in [0.3, 0.4) is 0 Å². The molecule has 134 valence electrons. The van der Waals surface area contributed by atoms with Gasteiger partial charge in [0.15, 0.2) is 0 Å². The Morgan fingerprint density at radius 3 is 1.46 bits per heavy atom. The summed E-state index contributed by atoms with van der Waals surface area (Å²) < 4.78 is 4.04. The van der Waals surface area contributed by atoms with Crippen molar-refractivity contribution in [2.75, 3.05) is 0 Å². The average Bonchev–Trinajstić information content (AvgIpc) is 3.36. The number of benzene rings is 2. The molecule has 0 aliphatic carbocycles. The van der Waals surface area contributed by atoms with Gasteiger partial charge < -0.3 is 9.13 Å². The van der Waals surface area contributed by atoms with E-state index in [0.29, 0.717) is 0 Å². The van der Waals surface area contributed by atoms with Crippen LogP contribution in [-0.2, 0) is 13.1 Å². The molecule has 0 saturated heterocycles. The van der Waals surface area contributed by atoms with E-state index in [4.69, 9.17) is 0 Å². The second-order valence-corrected chi connectivity index (χ2v) is 6.28.